The Morgan fingerprint density at radius 2 is 1.88 bits per heavy atom. The number of rotatable bonds is 3. The second kappa shape index (κ2) is 7.34. The van der Waals surface area contributed by atoms with Crippen molar-refractivity contribution in [3.05, 3.63) is 29.8 Å². The predicted octanol–water partition coefficient (Wildman–Crippen LogP) is 2.13. The molecule has 5 nitrogen and oxygen atoms in total. The SMILES string of the molecule is CN(C(=O)CN1C(=O)CCc2ccccc21)C1CC2CCC(C1)N2.Cl. The lowest BCUT2D eigenvalue weighted by molar-refractivity contribution is -0.132. The van der Waals surface area contributed by atoms with Gasteiger partial charge in [0.05, 0.1) is 0 Å². The first-order valence-electron chi connectivity index (χ1n) is 9.02. The van der Waals surface area contributed by atoms with Gasteiger partial charge in [0.1, 0.15) is 6.54 Å². The molecule has 136 valence electrons. The summed E-state index contributed by atoms with van der Waals surface area (Å²) in [4.78, 5) is 28.7. The van der Waals surface area contributed by atoms with Crippen molar-refractivity contribution in [3.8, 4) is 0 Å². The number of nitrogens with one attached hydrogen (secondary N) is 1. The van der Waals surface area contributed by atoms with E-state index < -0.39 is 0 Å². The van der Waals surface area contributed by atoms with Gasteiger partial charge in [-0.1, -0.05) is 18.2 Å². The number of benzene rings is 1. The highest BCUT2D eigenvalue weighted by molar-refractivity contribution is 6.01. The molecule has 2 atom stereocenters. The summed E-state index contributed by atoms with van der Waals surface area (Å²) >= 11 is 0. The molecule has 2 unspecified atom stereocenters. The number of fused-ring (bicyclic) bond motifs is 3. The molecule has 0 spiro atoms. The van der Waals surface area contributed by atoms with Crippen LogP contribution in [0.2, 0.25) is 0 Å². The fourth-order valence-corrected chi connectivity index (χ4v) is 4.46. The van der Waals surface area contributed by atoms with Gasteiger partial charge in [0.2, 0.25) is 11.8 Å². The zero-order valence-corrected chi connectivity index (χ0v) is 15.4. The van der Waals surface area contributed by atoms with Crippen molar-refractivity contribution in [2.75, 3.05) is 18.5 Å². The number of aryl methyl sites for hydroxylation is 1. The van der Waals surface area contributed by atoms with E-state index in [-0.39, 0.29) is 30.8 Å². The summed E-state index contributed by atoms with van der Waals surface area (Å²) in [6.07, 6.45) is 5.77. The van der Waals surface area contributed by atoms with E-state index in [0.717, 1.165) is 30.5 Å². The molecule has 6 heteroatoms. The van der Waals surface area contributed by atoms with Crippen LogP contribution in [0.5, 0.6) is 0 Å². The average molecular weight is 364 g/mol. The minimum Gasteiger partial charge on any atom is -0.341 e. The fraction of sp³-hybridized carbons (Fsp3) is 0.579. The second-order valence-corrected chi connectivity index (χ2v) is 7.38. The second-order valence-electron chi connectivity index (χ2n) is 7.38. The van der Waals surface area contributed by atoms with Gasteiger partial charge in [-0.2, -0.15) is 0 Å². The zero-order chi connectivity index (χ0) is 16.7. The van der Waals surface area contributed by atoms with Crippen molar-refractivity contribution in [3.63, 3.8) is 0 Å². The van der Waals surface area contributed by atoms with Crippen molar-refractivity contribution in [2.24, 2.45) is 0 Å². The maximum Gasteiger partial charge on any atom is 0.242 e. The number of halogens is 1. The van der Waals surface area contributed by atoms with Gasteiger partial charge < -0.3 is 15.1 Å². The van der Waals surface area contributed by atoms with Crippen LogP contribution in [-0.4, -0.2) is 48.4 Å². The van der Waals surface area contributed by atoms with Crippen LogP contribution in [0.1, 0.15) is 37.7 Å². The molecule has 4 rings (SSSR count). The van der Waals surface area contributed by atoms with Crippen LogP contribution in [0.15, 0.2) is 24.3 Å². The lowest BCUT2D eigenvalue weighted by Crippen LogP contribution is -2.51. The third-order valence-electron chi connectivity index (χ3n) is 5.87. The molecular weight excluding hydrogens is 338 g/mol. The van der Waals surface area contributed by atoms with Gasteiger partial charge in [0.15, 0.2) is 0 Å². The molecule has 2 saturated heterocycles. The summed E-state index contributed by atoms with van der Waals surface area (Å²) < 4.78 is 0. The van der Waals surface area contributed by atoms with E-state index in [1.807, 2.05) is 36.2 Å². The largest absolute Gasteiger partial charge is 0.341 e. The molecule has 25 heavy (non-hydrogen) atoms. The average Bonchev–Trinajstić information content (AvgIpc) is 2.94. The molecule has 3 heterocycles. The van der Waals surface area contributed by atoms with E-state index in [0.29, 0.717) is 24.5 Å². The Morgan fingerprint density at radius 1 is 1.20 bits per heavy atom. The van der Waals surface area contributed by atoms with Crippen molar-refractivity contribution in [2.45, 2.75) is 56.7 Å². The highest BCUT2D eigenvalue weighted by Gasteiger charge is 2.37. The number of carbonyl (C=O) groups excluding carboxylic acids is 2. The summed E-state index contributed by atoms with van der Waals surface area (Å²) in [5.74, 6) is 0.104. The number of hydrogen-bond donors (Lipinski definition) is 1. The van der Waals surface area contributed by atoms with E-state index >= 15 is 0 Å². The number of likely N-dealkylation sites (N-methyl/N-ethyl adjacent to an activating group) is 1. The minimum atomic E-state index is 0. The minimum absolute atomic E-state index is 0. The van der Waals surface area contributed by atoms with Crippen LogP contribution in [0, 0.1) is 0 Å². The van der Waals surface area contributed by atoms with Crippen molar-refractivity contribution in [1.29, 1.82) is 0 Å². The molecule has 1 N–H and O–H groups in total. The van der Waals surface area contributed by atoms with Crippen LogP contribution in [0.4, 0.5) is 5.69 Å². The van der Waals surface area contributed by atoms with Crippen LogP contribution < -0.4 is 10.2 Å². The van der Waals surface area contributed by atoms with Crippen LogP contribution in [0.25, 0.3) is 0 Å². The molecule has 3 aliphatic heterocycles. The number of hydrogen-bond acceptors (Lipinski definition) is 3. The first-order chi connectivity index (χ1) is 11.6. The molecule has 0 aliphatic carbocycles. The number of carbonyl (C=O) groups is 2. The van der Waals surface area contributed by atoms with Crippen molar-refractivity contribution < 1.29 is 9.59 Å². The van der Waals surface area contributed by atoms with Crippen molar-refractivity contribution in [1.82, 2.24) is 10.2 Å². The molecule has 1 aromatic carbocycles. The Hall–Kier alpha value is -1.59. The summed E-state index contributed by atoms with van der Waals surface area (Å²) in [5, 5.41) is 3.61. The van der Waals surface area contributed by atoms with E-state index in [2.05, 4.69) is 5.32 Å². The van der Waals surface area contributed by atoms with Crippen LogP contribution in [-0.2, 0) is 16.0 Å². The van der Waals surface area contributed by atoms with E-state index in [9.17, 15) is 9.59 Å². The monoisotopic (exact) mass is 363 g/mol. The standard InChI is InChI=1S/C19H25N3O2.ClH/c1-21(16-10-14-7-8-15(11-16)20-14)19(24)12-22-17-5-3-2-4-13(17)6-9-18(22)23;/h2-5,14-16,20H,6-12H2,1H3;1H. The normalized spacial score (nSPS) is 27.5. The Kier molecular flexibility index (Phi) is 5.35. The fourth-order valence-electron chi connectivity index (χ4n) is 4.46. The maximum absolute atomic E-state index is 12.8. The molecule has 0 radical (unpaired) electrons. The summed E-state index contributed by atoms with van der Waals surface area (Å²) in [6, 6.07) is 9.33. The van der Waals surface area contributed by atoms with Crippen LogP contribution >= 0.6 is 12.4 Å². The van der Waals surface area contributed by atoms with Gasteiger partial charge >= 0.3 is 0 Å². The van der Waals surface area contributed by atoms with Crippen molar-refractivity contribution >= 4 is 29.9 Å². The van der Waals surface area contributed by atoms with Gasteiger partial charge in [-0.15, -0.1) is 12.4 Å². The molecule has 3 aliphatic rings. The molecular formula is C19H26ClN3O2. The summed E-state index contributed by atoms with van der Waals surface area (Å²) in [7, 11) is 1.90. The lowest BCUT2D eigenvalue weighted by atomic mass is 9.98. The smallest absolute Gasteiger partial charge is 0.242 e. The van der Waals surface area contributed by atoms with Gasteiger partial charge in [0.25, 0.3) is 0 Å². The van der Waals surface area contributed by atoms with E-state index in [1.54, 1.807) is 4.90 Å². The van der Waals surface area contributed by atoms with Gasteiger partial charge in [-0.25, -0.2) is 0 Å². The topological polar surface area (TPSA) is 52.7 Å². The molecule has 2 fully saturated rings. The first kappa shape index (κ1) is 18.2. The Bertz CT molecular complexity index is 654. The number of para-hydroxylation sites is 1. The maximum atomic E-state index is 12.8. The molecule has 2 amide bonds. The molecule has 2 bridgehead atoms. The van der Waals surface area contributed by atoms with E-state index in [4.69, 9.17) is 0 Å². The molecule has 1 aromatic rings. The van der Waals surface area contributed by atoms with Gasteiger partial charge in [-0.05, 0) is 43.7 Å². The quantitative estimate of drug-likeness (QED) is 0.895. The van der Waals surface area contributed by atoms with Gasteiger partial charge in [0, 0.05) is 37.3 Å². The third kappa shape index (κ3) is 3.53. The molecule has 0 saturated carbocycles. The van der Waals surface area contributed by atoms with Crippen LogP contribution in [0.3, 0.4) is 0 Å². The number of nitrogens with zero attached hydrogens (tertiary/aromatic N) is 2. The van der Waals surface area contributed by atoms with Gasteiger partial charge in [-0.3, -0.25) is 9.59 Å². The lowest BCUT2D eigenvalue weighted by Gasteiger charge is -2.37. The number of amides is 2. The highest BCUT2D eigenvalue weighted by Crippen LogP contribution is 2.30. The summed E-state index contributed by atoms with van der Waals surface area (Å²) in [6.45, 7) is 0.158. The Morgan fingerprint density at radius 3 is 2.60 bits per heavy atom. The molecule has 0 aromatic heterocycles. The third-order valence-corrected chi connectivity index (χ3v) is 5.87. The Balaban J connectivity index is 0.00000182. The zero-order valence-electron chi connectivity index (χ0n) is 14.6. The predicted molar refractivity (Wildman–Crippen MR) is 100 cm³/mol. The number of anilines is 1. The van der Waals surface area contributed by atoms with E-state index in [1.165, 1.54) is 12.8 Å². The first-order valence-corrected chi connectivity index (χ1v) is 9.02. The summed E-state index contributed by atoms with van der Waals surface area (Å²) in [5.41, 5.74) is 2.06. The highest BCUT2D eigenvalue weighted by atomic mass is 35.5. The Labute approximate surface area is 155 Å². The number of piperidine rings is 1.